The van der Waals surface area contributed by atoms with E-state index in [2.05, 4.69) is 10.3 Å². The van der Waals surface area contributed by atoms with Crippen LogP contribution in [0.2, 0.25) is 0 Å². The number of benzene rings is 1. The number of aromatic nitrogens is 2. The molecular weight excluding hydrogens is 427 g/mol. The molecule has 2 heterocycles. The van der Waals surface area contributed by atoms with Crippen LogP contribution in [0, 0.1) is 0 Å². The molecule has 0 saturated carbocycles. The Hall–Kier alpha value is -3.30. The number of pyridine rings is 2. The van der Waals surface area contributed by atoms with E-state index in [9.17, 15) is 22.8 Å². The summed E-state index contributed by atoms with van der Waals surface area (Å²) >= 11 is 0. The van der Waals surface area contributed by atoms with Crippen LogP contribution < -0.4 is 15.6 Å². The number of halogens is 3. The molecule has 1 atom stereocenters. The van der Waals surface area contributed by atoms with Crippen molar-refractivity contribution in [3.8, 4) is 5.75 Å². The van der Waals surface area contributed by atoms with E-state index >= 15 is 0 Å². The summed E-state index contributed by atoms with van der Waals surface area (Å²) in [7, 11) is 1.59. The first-order valence-corrected chi connectivity index (χ1v) is 9.89. The van der Waals surface area contributed by atoms with Gasteiger partial charge in [0.05, 0.1) is 23.4 Å². The average Bonchev–Trinajstić information content (AvgIpc) is 2.67. The Morgan fingerprint density at radius 1 is 1.16 bits per heavy atom. The zero-order chi connectivity index (χ0) is 23.7. The van der Waals surface area contributed by atoms with E-state index in [4.69, 9.17) is 9.47 Å². The first-order valence-electron chi connectivity index (χ1n) is 9.89. The number of hydrogen-bond donors (Lipinski definition) is 1. The third-order valence-electron chi connectivity index (χ3n) is 4.63. The number of carbonyl (C=O) groups is 1. The molecule has 0 fully saturated rings. The number of alkyl halides is 3. The topological polar surface area (TPSA) is 82.5 Å². The smallest absolute Gasteiger partial charge is 0.407 e. The number of nitrogens with one attached hydrogen (secondary N) is 1. The monoisotopic (exact) mass is 451 g/mol. The van der Waals surface area contributed by atoms with Crippen LogP contribution >= 0.6 is 0 Å². The van der Waals surface area contributed by atoms with Crippen molar-refractivity contribution in [2.45, 2.75) is 45.0 Å². The van der Waals surface area contributed by atoms with Gasteiger partial charge in [0, 0.05) is 30.9 Å². The highest BCUT2D eigenvalue weighted by Gasteiger charge is 2.34. The Morgan fingerprint density at radius 2 is 1.88 bits per heavy atom. The molecule has 0 aliphatic heterocycles. The number of ether oxygens (including phenoxy) is 2. The normalized spacial score (nSPS) is 13.2. The first-order chi connectivity index (χ1) is 14.8. The van der Waals surface area contributed by atoms with Crippen molar-refractivity contribution in [2.75, 3.05) is 6.61 Å². The molecule has 0 saturated heterocycles. The highest BCUT2D eigenvalue weighted by molar-refractivity contribution is 6.05. The largest absolute Gasteiger partial charge is 0.491 e. The van der Waals surface area contributed by atoms with Gasteiger partial charge in [0.2, 0.25) is 0 Å². The molecule has 1 unspecified atom stereocenters. The number of carbonyl (C=O) groups excluding carboxylic acids is 1. The van der Waals surface area contributed by atoms with Crippen molar-refractivity contribution in [2.24, 2.45) is 7.05 Å². The summed E-state index contributed by atoms with van der Waals surface area (Å²) in [5, 5.41) is 4.16. The Kier molecular flexibility index (Phi) is 6.34. The first kappa shape index (κ1) is 23.4. The maximum Gasteiger partial charge on any atom is 0.407 e. The van der Waals surface area contributed by atoms with Crippen LogP contribution in [0.15, 0.2) is 41.5 Å². The van der Waals surface area contributed by atoms with Gasteiger partial charge in [-0.2, -0.15) is 13.2 Å². The predicted octanol–water partition coefficient (Wildman–Crippen LogP) is 4.31. The molecule has 1 aromatic carbocycles. The molecule has 0 spiro atoms. The quantitative estimate of drug-likeness (QED) is 0.585. The molecule has 0 radical (unpaired) electrons. The molecule has 10 heteroatoms. The van der Waals surface area contributed by atoms with Gasteiger partial charge in [0.15, 0.2) is 0 Å². The van der Waals surface area contributed by atoms with Gasteiger partial charge < -0.3 is 19.4 Å². The fourth-order valence-corrected chi connectivity index (χ4v) is 3.30. The van der Waals surface area contributed by atoms with E-state index in [-0.39, 0.29) is 11.3 Å². The molecule has 0 aliphatic carbocycles. The molecule has 3 aromatic rings. The molecule has 7 nitrogen and oxygen atoms in total. The third-order valence-corrected chi connectivity index (χ3v) is 4.63. The van der Waals surface area contributed by atoms with Crippen molar-refractivity contribution in [1.29, 1.82) is 0 Å². The van der Waals surface area contributed by atoms with Gasteiger partial charge in [-0.15, -0.1) is 0 Å². The van der Waals surface area contributed by atoms with Gasteiger partial charge in [-0.1, -0.05) is 0 Å². The van der Waals surface area contributed by atoms with Crippen LogP contribution in [0.1, 0.15) is 27.2 Å². The summed E-state index contributed by atoms with van der Waals surface area (Å²) in [6, 6.07) is 5.28. The van der Waals surface area contributed by atoms with Crippen LogP contribution in [0.5, 0.6) is 5.75 Å². The van der Waals surface area contributed by atoms with E-state index < -0.39 is 36.9 Å². The van der Waals surface area contributed by atoms with E-state index in [1.54, 1.807) is 58.3 Å². The summed E-state index contributed by atoms with van der Waals surface area (Å²) in [6.45, 7) is 4.40. The third kappa shape index (κ3) is 5.68. The van der Waals surface area contributed by atoms with Gasteiger partial charge in [-0.05, 0) is 44.4 Å². The number of alkyl carbamates (subject to hydrolysis) is 1. The summed E-state index contributed by atoms with van der Waals surface area (Å²) < 4.78 is 51.0. The molecule has 1 amide bonds. The van der Waals surface area contributed by atoms with Crippen LogP contribution in [0.25, 0.3) is 21.7 Å². The lowest BCUT2D eigenvalue weighted by Crippen LogP contribution is -2.44. The fourth-order valence-electron chi connectivity index (χ4n) is 3.30. The number of fused-ring (bicyclic) bond motifs is 3. The van der Waals surface area contributed by atoms with Gasteiger partial charge in [0.1, 0.15) is 18.0 Å². The number of nitrogens with zero attached hydrogens (tertiary/aromatic N) is 2. The van der Waals surface area contributed by atoms with E-state index in [0.29, 0.717) is 16.3 Å². The number of hydrogen-bond acceptors (Lipinski definition) is 5. The summed E-state index contributed by atoms with van der Waals surface area (Å²) in [5.74, 6) is 0.263. The maximum atomic E-state index is 13.0. The van der Waals surface area contributed by atoms with Crippen LogP contribution in [-0.2, 0) is 11.8 Å². The maximum absolute atomic E-state index is 13.0. The Morgan fingerprint density at radius 3 is 2.53 bits per heavy atom. The summed E-state index contributed by atoms with van der Waals surface area (Å²) in [5.41, 5.74) is -0.548. The molecular formula is C22H24F3N3O4. The Labute approximate surface area is 182 Å². The minimum Gasteiger partial charge on any atom is -0.491 e. The summed E-state index contributed by atoms with van der Waals surface area (Å²) in [6.07, 6.45) is -3.68. The van der Waals surface area contributed by atoms with Crippen molar-refractivity contribution in [1.82, 2.24) is 14.9 Å². The van der Waals surface area contributed by atoms with Crippen LogP contribution in [-0.4, -0.2) is 40.1 Å². The molecule has 0 bridgehead atoms. The molecule has 0 aliphatic rings. The van der Waals surface area contributed by atoms with Gasteiger partial charge >= 0.3 is 12.3 Å². The van der Waals surface area contributed by atoms with Crippen molar-refractivity contribution < 1.29 is 27.4 Å². The molecule has 172 valence electrons. The number of aryl methyl sites for hydroxylation is 1. The minimum absolute atomic E-state index is 0.251. The Bertz CT molecular complexity index is 1200. The lowest BCUT2D eigenvalue weighted by atomic mass is 10.1. The van der Waals surface area contributed by atoms with E-state index in [1.807, 2.05) is 0 Å². The van der Waals surface area contributed by atoms with E-state index in [0.717, 1.165) is 5.39 Å². The van der Waals surface area contributed by atoms with Gasteiger partial charge in [0.25, 0.3) is 5.56 Å². The number of amides is 1. The van der Waals surface area contributed by atoms with E-state index in [1.165, 1.54) is 10.8 Å². The van der Waals surface area contributed by atoms with Crippen molar-refractivity contribution >= 4 is 27.8 Å². The van der Waals surface area contributed by atoms with Crippen molar-refractivity contribution in [3.05, 3.63) is 47.0 Å². The lowest BCUT2D eigenvalue weighted by Gasteiger charge is -2.24. The number of rotatable bonds is 5. The van der Waals surface area contributed by atoms with Crippen LogP contribution in [0.3, 0.4) is 0 Å². The van der Waals surface area contributed by atoms with Gasteiger partial charge in [-0.3, -0.25) is 9.78 Å². The second-order valence-electron chi connectivity index (χ2n) is 8.44. The average molecular weight is 451 g/mol. The lowest BCUT2D eigenvalue weighted by molar-refractivity contribution is -0.141. The molecule has 32 heavy (non-hydrogen) atoms. The molecule has 2 aromatic heterocycles. The second kappa shape index (κ2) is 8.68. The highest BCUT2D eigenvalue weighted by Crippen LogP contribution is 2.27. The standard InChI is InChI=1S/C22H24F3N3O4/c1-21(2,3)32-20(30)27-13(10-22(23,24)25)12-31-14-5-6-16-15-7-8-26-11-17(15)19(29)28(4)18(16)9-14/h5-9,11,13H,10,12H2,1-4H3,(H,27,30). The SMILES string of the molecule is Cn1c(=O)c2cnccc2c2ccc(OCC(CC(F)(F)F)NC(=O)OC(C)(C)C)cc21. The van der Waals surface area contributed by atoms with Crippen LogP contribution in [0.4, 0.5) is 18.0 Å². The zero-order valence-electron chi connectivity index (χ0n) is 18.1. The predicted molar refractivity (Wildman–Crippen MR) is 114 cm³/mol. The molecule has 3 rings (SSSR count). The highest BCUT2D eigenvalue weighted by atomic mass is 19.4. The summed E-state index contributed by atoms with van der Waals surface area (Å²) in [4.78, 5) is 28.5. The molecule has 1 N–H and O–H groups in total. The van der Waals surface area contributed by atoms with Crippen molar-refractivity contribution in [3.63, 3.8) is 0 Å². The van der Waals surface area contributed by atoms with Gasteiger partial charge in [-0.25, -0.2) is 4.79 Å². The minimum atomic E-state index is -4.51. The fraction of sp³-hybridized carbons (Fsp3) is 0.409. The second-order valence-corrected chi connectivity index (χ2v) is 8.44. The Balaban J connectivity index is 1.84. The zero-order valence-corrected chi connectivity index (χ0v) is 18.1.